The molecule has 13 heavy (non-hydrogen) atoms. The molecule has 0 fully saturated rings. The van der Waals surface area contributed by atoms with Crippen molar-refractivity contribution in [1.82, 2.24) is 4.90 Å². The van der Waals surface area contributed by atoms with E-state index in [0.717, 1.165) is 0 Å². The van der Waals surface area contributed by atoms with Crippen LogP contribution in [0.4, 0.5) is 0 Å². The molecule has 0 aromatic heterocycles. The second-order valence-electron chi connectivity index (χ2n) is 3.59. The molecule has 0 saturated carbocycles. The maximum absolute atomic E-state index is 2.16. The zero-order valence-corrected chi connectivity index (χ0v) is 8.83. The Morgan fingerprint density at radius 2 is 1.85 bits per heavy atom. The predicted octanol–water partition coefficient (Wildman–Crippen LogP) is 2.92. The van der Waals surface area contributed by atoms with Crippen LogP contribution in [0.1, 0.15) is 18.1 Å². The summed E-state index contributed by atoms with van der Waals surface area (Å²) in [5.41, 5.74) is 3.97. The Balaban J connectivity index is 3.02. The van der Waals surface area contributed by atoms with Gasteiger partial charge in [0.05, 0.1) is 0 Å². The molecule has 0 saturated heterocycles. The SMILES string of the molecule is C/C(=C/N(C)C)c1ccccc1C. The van der Waals surface area contributed by atoms with Gasteiger partial charge in [-0.1, -0.05) is 24.3 Å². The summed E-state index contributed by atoms with van der Waals surface area (Å²) >= 11 is 0. The third-order valence-electron chi connectivity index (χ3n) is 2.02. The van der Waals surface area contributed by atoms with E-state index in [1.54, 1.807) is 0 Å². The molecule has 0 aliphatic rings. The average molecular weight is 175 g/mol. The van der Waals surface area contributed by atoms with E-state index >= 15 is 0 Å². The van der Waals surface area contributed by atoms with Crippen molar-refractivity contribution in [2.45, 2.75) is 13.8 Å². The first-order chi connectivity index (χ1) is 6.11. The highest BCUT2D eigenvalue weighted by Gasteiger charge is 1.98. The number of benzene rings is 1. The van der Waals surface area contributed by atoms with Crippen molar-refractivity contribution in [3.05, 3.63) is 41.6 Å². The van der Waals surface area contributed by atoms with Gasteiger partial charge in [-0.15, -0.1) is 0 Å². The molecule has 0 atom stereocenters. The lowest BCUT2D eigenvalue weighted by atomic mass is 10.0. The van der Waals surface area contributed by atoms with E-state index in [1.807, 2.05) is 14.1 Å². The quantitative estimate of drug-likeness (QED) is 0.668. The van der Waals surface area contributed by atoms with Gasteiger partial charge in [-0.3, -0.25) is 0 Å². The van der Waals surface area contributed by atoms with Crippen LogP contribution in [0.15, 0.2) is 30.5 Å². The molecule has 1 rings (SSSR count). The Morgan fingerprint density at radius 1 is 1.23 bits per heavy atom. The van der Waals surface area contributed by atoms with Crippen LogP contribution in [0.3, 0.4) is 0 Å². The molecule has 0 aliphatic heterocycles. The van der Waals surface area contributed by atoms with E-state index in [4.69, 9.17) is 0 Å². The normalized spacial score (nSPS) is 11.5. The third-order valence-corrected chi connectivity index (χ3v) is 2.02. The molecule has 1 aromatic rings. The van der Waals surface area contributed by atoms with Gasteiger partial charge in [0.15, 0.2) is 0 Å². The van der Waals surface area contributed by atoms with E-state index < -0.39 is 0 Å². The molecule has 0 unspecified atom stereocenters. The second kappa shape index (κ2) is 4.13. The van der Waals surface area contributed by atoms with Crippen molar-refractivity contribution in [2.24, 2.45) is 0 Å². The molecule has 0 aliphatic carbocycles. The molecule has 0 N–H and O–H groups in total. The predicted molar refractivity (Wildman–Crippen MR) is 58.5 cm³/mol. The topological polar surface area (TPSA) is 3.24 Å². The number of hydrogen-bond donors (Lipinski definition) is 0. The Labute approximate surface area is 80.7 Å². The largest absolute Gasteiger partial charge is 0.383 e. The number of aryl methyl sites for hydroxylation is 1. The Kier molecular flexibility index (Phi) is 3.13. The third kappa shape index (κ3) is 2.62. The number of nitrogens with zero attached hydrogens (tertiary/aromatic N) is 1. The first-order valence-electron chi connectivity index (χ1n) is 4.52. The fourth-order valence-corrected chi connectivity index (χ4v) is 1.47. The minimum absolute atomic E-state index is 1.31. The van der Waals surface area contributed by atoms with Gasteiger partial charge >= 0.3 is 0 Å². The summed E-state index contributed by atoms with van der Waals surface area (Å²) in [7, 11) is 4.09. The Bertz CT molecular complexity index is 311. The van der Waals surface area contributed by atoms with Crippen LogP contribution in [0.25, 0.3) is 5.57 Å². The van der Waals surface area contributed by atoms with Crippen LogP contribution in [-0.4, -0.2) is 19.0 Å². The van der Waals surface area contributed by atoms with Gasteiger partial charge in [0, 0.05) is 20.3 Å². The summed E-state index contributed by atoms with van der Waals surface area (Å²) in [5.74, 6) is 0. The number of rotatable bonds is 2. The van der Waals surface area contributed by atoms with Crippen LogP contribution in [0.5, 0.6) is 0 Å². The van der Waals surface area contributed by atoms with Crippen LogP contribution in [0.2, 0.25) is 0 Å². The molecule has 0 spiro atoms. The van der Waals surface area contributed by atoms with Gasteiger partial charge in [0.2, 0.25) is 0 Å². The lowest BCUT2D eigenvalue weighted by Gasteiger charge is -2.10. The summed E-state index contributed by atoms with van der Waals surface area (Å²) in [4.78, 5) is 2.07. The van der Waals surface area contributed by atoms with Gasteiger partial charge in [-0.25, -0.2) is 0 Å². The number of allylic oxidation sites excluding steroid dienone is 1. The smallest absolute Gasteiger partial charge is 0.00557 e. The fourth-order valence-electron chi connectivity index (χ4n) is 1.47. The van der Waals surface area contributed by atoms with Gasteiger partial charge in [-0.2, -0.15) is 0 Å². The summed E-state index contributed by atoms with van der Waals surface area (Å²) < 4.78 is 0. The summed E-state index contributed by atoms with van der Waals surface area (Å²) in [6.45, 7) is 4.28. The monoisotopic (exact) mass is 175 g/mol. The molecule has 1 nitrogen and oxygen atoms in total. The molecule has 70 valence electrons. The molecular weight excluding hydrogens is 158 g/mol. The first-order valence-corrected chi connectivity index (χ1v) is 4.52. The molecule has 0 radical (unpaired) electrons. The van der Waals surface area contributed by atoms with Crippen molar-refractivity contribution < 1.29 is 0 Å². The molecule has 1 heteroatoms. The van der Waals surface area contributed by atoms with Gasteiger partial charge in [-0.05, 0) is 30.5 Å². The van der Waals surface area contributed by atoms with Crippen LogP contribution >= 0.6 is 0 Å². The Hall–Kier alpha value is -1.24. The maximum Gasteiger partial charge on any atom is 0.00557 e. The lowest BCUT2D eigenvalue weighted by Crippen LogP contribution is -2.02. The summed E-state index contributed by atoms with van der Waals surface area (Å²) in [6, 6.07) is 8.45. The number of hydrogen-bond acceptors (Lipinski definition) is 1. The van der Waals surface area contributed by atoms with E-state index in [0.29, 0.717) is 0 Å². The van der Waals surface area contributed by atoms with Gasteiger partial charge in [0.25, 0.3) is 0 Å². The zero-order valence-electron chi connectivity index (χ0n) is 8.83. The van der Waals surface area contributed by atoms with E-state index in [1.165, 1.54) is 16.7 Å². The Morgan fingerprint density at radius 3 is 2.38 bits per heavy atom. The van der Waals surface area contributed by atoms with Crippen molar-refractivity contribution >= 4 is 5.57 Å². The molecule has 1 aromatic carbocycles. The molecular formula is C12H17N. The lowest BCUT2D eigenvalue weighted by molar-refractivity contribution is 0.565. The minimum Gasteiger partial charge on any atom is -0.383 e. The highest BCUT2D eigenvalue weighted by Crippen LogP contribution is 2.17. The second-order valence-corrected chi connectivity index (χ2v) is 3.59. The van der Waals surface area contributed by atoms with Crippen molar-refractivity contribution in [3.8, 4) is 0 Å². The van der Waals surface area contributed by atoms with Crippen molar-refractivity contribution in [1.29, 1.82) is 0 Å². The van der Waals surface area contributed by atoms with E-state index in [9.17, 15) is 0 Å². The summed E-state index contributed by atoms with van der Waals surface area (Å²) in [6.07, 6.45) is 2.14. The first kappa shape index (κ1) is 9.85. The van der Waals surface area contributed by atoms with Crippen molar-refractivity contribution in [3.63, 3.8) is 0 Å². The van der Waals surface area contributed by atoms with Crippen LogP contribution in [-0.2, 0) is 0 Å². The van der Waals surface area contributed by atoms with Gasteiger partial charge in [0.1, 0.15) is 0 Å². The highest BCUT2D eigenvalue weighted by molar-refractivity contribution is 5.65. The standard InChI is InChI=1S/C12H17N/c1-10-7-5-6-8-12(10)11(2)9-13(3)4/h5-9H,1-4H3/b11-9-. The van der Waals surface area contributed by atoms with Crippen molar-refractivity contribution in [2.75, 3.05) is 14.1 Å². The average Bonchev–Trinajstić information content (AvgIpc) is 2.03. The zero-order chi connectivity index (χ0) is 9.84. The minimum atomic E-state index is 1.31. The summed E-state index contributed by atoms with van der Waals surface area (Å²) in [5, 5.41) is 0. The van der Waals surface area contributed by atoms with E-state index in [-0.39, 0.29) is 0 Å². The van der Waals surface area contributed by atoms with Gasteiger partial charge < -0.3 is 4.90 Å². The maximum atomic E-state index is 2.16. The molecule has 0 bridgehead atoms. The molecule has 0 amide bonds. The van der Waals surface area contributed by atoms with E-state index in [2.05, 4.69) is 49.2 Å². The highest BCUT2D eigenvalue weighted by atomic mass is 15.0. The fraction of sp³-hybridized carbons (Fsp3) is 0.333. The molecule has 0 heterocycles. The van der Waals surface area contributed by atoms with Crippen LogP contribution in [0, 0.1) is 6.92 Å². The van der Waals surface area contributed by atoms with Crippen LogP contribution < -0.4 is 0 Å².